The number of alkyl halides is 3. The highest BCUT2D eigenvalue weighted by Crippen LogP contribution is 2.34. The van der Waals surface area contributed by atoms with Crippen molar-refractivity contribution in [2.45, 2.75) is 19.2 Å². The van der Waals surface area contributed by atoms with Gasteiger partial charge in [0, 0.05) is 6.20 Å². The smallest absolute Gasteiger partial charge is 0.417 e. The lowest BCUT2D eigenvalue weighted by Crippen LogP contribution is -2.24. The number of carbonyl (C=O) groups excluding carboxylic acids is 1. The van der Waals surface area contributed by atoms with Crippen LogP contribution in [0.25, 0.3) is 0 Å². The van der Waals surface area contributed by atoms with Gasteiger partial charge in [-0.3, -0.25) is 0 Å². The van der Waals surface area contributed by atoms with Crippen LogP contribution in [0.1, 0.15) is 12.5 Å². The van der Waals surface area contributed by atoms with E-state index in [1.807, 2.05) is 0 Å². The fourth-order valence-electron chi connectivity index (χ4n) is 1.77. The molecule has 0 N–H and O–H groups in total. The van der Waals surface area contributed by atoms with Gasteiger partial charge in [-0.1, -0.05) is 11.6 Å². The Morgan fingerprint density at radius 1 is 1.20 bits per heavy atom. The van der Waals surface area contributed by atoms with E-state index in [0.717, 1.165) is 6.07 Å². The summed E-state index contributed by atoms with van der Waals surface area (Å²) in [6.07, 6.45) is -4.69. The molecule has 0 aliphatic heterocycles. The van der Waals surface area contributed by atoms with Gasteiger partial charge in [0.1, 0.15) is 16.5 Å². The molecule has 0 bridgehead atoms. The monoisotopic (exact) mass is 375 g/mol. The number of rotatable bonds is 5. The number of nitrogens with zero attached hydrogens (tertiary/aromatic N) is 1. The normalized spacial score (nSPS) is 12.4. The zero-order chi connectivity index (χ0) is 18.6. The largest absolute Gasteiger partial charge is 0.479 e. The van der Waals surface area contributed by atoms with Crippen molar-refractivity contribution in [2.24, 2.45) is 0 Å². The molecule has 1 atom stereocenters. The third-order valence-electron chi connectivity index (χ3n) is 3.02. The van der Waals surface area contributed by atoms with Crippen LogP contribution in [-0.4, -0.2) is 24.2 Å². The molecule has 0 saturated carbocycles. The summed E-state index contributed by atoms with van der Waals surface area (Å²) in [6, 6.07) is 6.77. The number of ether oxygens (including phenoxy) is 3. The summed E-state index contributed by atoms with van der Waals surface area (Å²) in [7, 11) is 1.25. The summed E-state index contributed by atoms with van der Waals surface area (Å²) in [6.45, 7) is 1.53. The number of aromatic nitrogens is 1. The molecule has 134 valence electrons. The summed E-state index contributed by atoms with van der Waals surface area (Å²) >= 11 is 5.77. The molecular formula is C16H13ClF3NO4. The molecule has 0 spiro atoms. The van der Waals surface area contributed by atoms with Crippen LogP contribution in [0.3, 0.4) is 0 Å². The summed E-state index contributed by atoms with van der Waals surface area (Å²) in [5.41, 5.74) is -0.967. The molecule has 0 aliphatic rings. The van der Waals surface area contributed by atoms with E-state index >= 15 is 0 Å². The fourth-order valence-corrected chi connectivity index (χ4v) is 1.98. The highest BCUT2D eigenvalue weighted by atomic mass is 35.5. The van der Waals surface area contributed by atoms with Crippen molar-refractivity contribution in [1.29, 1.82) is 0 Å². The second-order valence-corrected chi connectivity index (χ2v) is 5.27. The van der Waals surface area contributed by atoms with Gasteiger partial charge in [-0.05, 0) is 37.3 Å². The fraction of sp³-hybridized carbons (Fsp3) is 0.250. The van der Waals surface area contributed by atoms with E-state index in [1.165, 1.54) is 38.3 Å². The molecule has 0 saturated heterocycles. The van der Waals surface area contributed by atoms with Crippen LogP contribution in [0.2, 0.25) is 5.02 Å². The van der Waals surface area contributed by atoms with Crippen LogP contribution >= 0.6 is 11.6 Å². The van der Waals surface area contributed by atoms with Gasteiger partial charge in [0.2, 0.25) is 5.88 Å². The molecule has 1 aromatic carbocycles. The van der Waals surface area contributed by atoms with Crippen molar-refractivity contribution >= 4 is 17.6 Å². The molecule has 0 fully saturated rings. The lowest BCUT2D eigenvalue weighted by Gasteiger charge is -2.13. The Morgan fingerprint density at radius 2 is 1.80 bits per heavy atom. The van der Waals surface area contributed by atoms with E-state index in [-0.39, 0.29) is 16.7 Å². The second-order valence-electron chi connectivity index (χ2n) is 4.87. The predicted octanol–water partition coefficient (Wildman–Crippen LogP) is 4.49. The Morgan fingerprint density at radius 3 is 2.32 bits per heavy atom. The number of pyridine rings is 1. The van der Waals surface area contributed by atoms with Crippen molar-refractivity contribution in [2.75, 3.05) is 7.11 Å². The van der Waals surface area contributed by atoms with E-state index in [0.29, 0.717) is 11.9 Å². The van der Waals surface area contributed by atoms with Gasteiger partial charge < -0.3 is 14.2 Å². The first kappa shape index (κ1) is 18.9. The Balaban J connectivity index is 2.08. The van der Waals surface area contributed by atoms with Crippen molar-refractivity contribution < 1.29 is 32.2 Å². The van der Waals surface area contributed by atoms with Crippen LogP contribution in [0.15, 0.2) is 36.5 Å². The molecule has 1 aromatic heterocycles. The van der Waals surface area contributed by atoms with Gasteiger partial charge in [0.25, 0.3) is 0 Å². The summed E-state index contributed by atoms with van der Waals surface area (Å²) in [5, 5.41) is -0.269. The number of hydrogen-bond acceptors (Lipinski definition) is 5. The van der Waals surface area contributed by atoms with E-state index in [2.05, 4.69) is 9.72 Å². The van der Waals surface area contributed by atoms with Crippen LogP contribution in [0.5, 0.6) is 17.4 Å². The minimum Gasteiger partial charge on any atom is -0.479 e. The Bertz CT molecular complexity index is 750. The summed E-state index contributed by atoms with van der Waals surface area (Å²) < 4.78 is 53.0. The molecular weight excluding hydrogens is 363 g/mol. The first-order valence-corrected chi connectivity index (χ1v) is 7.33. The first-order chi connectivity index (χ1) is 11.7. The molecule has 1 heterocycles. The van der Waals surface area contributed by atoms with Crippen molar-refractivity contribution in [3.05, 3.63) is 47.1 Å². The molecule has 2 rings (SSSR count). The van der Waals surface area contributed by atoms with E-state index in [1.54, 1.807) is 0 Å². The van der Waals surface area contributed by atoms with Gasteiger partial charge in [-0.25, -0.2) is 9.78 Å². The quantitative estimate of drug-likeness (QED) is 0.721. The van der Waals surface area contributed by atoms with Crippen molar-refractivity contribution in [3.8, 4) is 17.4 Å². The number of methoxy groups -OCH3 is 1. The lowest BCUT2D eigenvalue weighted by atomic mass is 10.3. The van der Waals surface area contributed by atoms with Crippen molar-refractivity contribution in [1.82, 2.24) is 4.98 Å². The van der Waals surface area contributed by atoms with Gasteiger partial charge in [0.15, 0.2) is 6.10 Å². The minimum absolute atomic E-state index is 0.161. The molecule has 2 aromatic rings. The predicted molar refractivity (Wildman–Crippen MR) is 82.9 cm³/mol. The molecule has 0 unspecified atom stereocenters. The second kappa shape index (κ2) is 7.60. The van der Waals surface area contributed by atoms with E-state index in [9.17, 15) is 18.0 Å². The van der Waals surface area contributed by atoms with Crippen molar-refractivity contribution in [3.63, 3.8) is 0 Å². The van der Waals surface area contributed by atoms with E-state index in [4.69, 9.17) is 21.1 Å². The topological polar surface area (TPSA) is 57.7 Å². The number of hydrogen-bond donors (Lipinski definition) is 0. The first-order valence-electron chi connectivity index (χ1n) is 6.96. The molecule has 0 amide bonds. The van der Waals surface area contributed by atoms with E-state index < -0.39 is 23.8 Å². The average molecular weight is 376 g/mol. The van der Waals surface area contributed by atoms with Gasteiger partial charge >= 0.3 is 12.1 Å². The standard InChI is InChI=1S/C16H13ClF3NO4/c1-9(15(22)23-2)24-11-3-5-12(6-4-11)25-14-13(17)7-10(8-21-14)16(18,19)20/h3-9H,1-2H3/t9-/m0/s1. The SMILES string of the molecule is COC(=O)[C@H](C)Oc1ccc(Oc2ncc(C(F)(F)F)cc2Cl)cc1. The van der Waals surface area contributed by atoms with Crippen LogP contribution in [0, 0.1) is 0 Å². The third-order valence-corrected chi connectivity index (χ3v) is 3.29. The summed E-state index contributed by atoms with van der Waals surface area (Å²) in [5.74, 6) is -0.0173. The Kier molecular flexibility index (Phi) is 5.73. The van der Waals surface area contributed by atoms with Crippen LogP contribution in [-0.2, 0) is 15.7 Å². The average Bonchev–Trinajstić information content (AvgIpc) is 2.56. The maximum absolute atomic E-state index is 12.6. The lowest BCUT2D eigenvalue weighted by molar-refractivity contribution is -0.148. The summed E-state index contributed by atoms with van der Waals surface area (Å²) in [4.78, 5) is 14.9. The third kappa shape index (κ3) is 4.99. The maximum atomic E-state index is 12.6. The zero-order valence-corrected chi connectivity index (χ0v) is 13.9. The minimum atomic E-state index is -4.54. The van der Waals surface area contributed by atoms with Gasteiger partial charge in [0.05, 0.1) is 12.7 Å². The van der Waals surface area contributed by atoms with Gasteiger partial charge in [-0.15, -0.1) is 0 Å². The Hall–Kier alpha value is -2.48. The molecule has 0 radical (unpaired) electrons. The molecule has 25 heavy (non-hydrogen) atoms. The number of benzene rings is 1. The number of esters is 1. The Labute approximate surface area is 146 Å². The molecule has 5 nitrogen and oxygen atoms in total. The van der Waals surface area contributed by atoms with Crippen LogP contribution in [0.4, 0.5) is 13.2 Å². The zero-order valence-electron chi connectivity index (χ0n) is 13.1. The number of halogens is 4. The van der Waals surface area contributed by atoms with Gasteiger partial charge in [-0.2, -0.15) is 13.2 Å². The van der Waals surface area contributed by atoms with Crippen LogP contribution < -0.4 is 9.47 Å². The maximum Gasteiger partial charge on any atom is 0.417 e. The molecule has 0 aliphatic carbocycles. The number of carbonyl (C=O) groups is 1. The highest BCUT2D eigenvalue weighted by molar-refractivity contribution is 6.31. The molecule has 9 heteroatoms. The highest BCUT2D eigenvalue weighted by Gasteiger charge is 2.31.